The minimum atomic E-state index is -1.09. The maximum absolute atomic E-state index is 12.4. The first-order valence-corrected chi connectivity index (χ1v) is 6.63. The molecule has 2 aliphatic rings. The van der Waals surface area contributed by atoms with Crippen LogP contribution in [0.1, 0.15) is 25.7 Å². The van der Waals surface area contributed by atoms with Crippen molar-refractivity contribution < 1.29 is 24.9 Å². The second kappa shape index (κ2) is 5.75. The normalized spacial score (nSPS) is 31.6. The van der Waals surface area contributed by atoms with E-state index < -0.39 is 18.1 Å². The minimum absolute atomic E-state index is 0.0461. The number of amides is 2. The predicted molar refractivity (Wildman–Crippen MR) is 65.6 cm³/mol. The van der Waals surface area contributed by atoms with E-state index in [9.17, 15) is 19.8 Å². The van der Waals surface area contributed by atoms with Crippen molar-refractivity contribution in [1.82, 2.24) is 9.80 Å². The monoisotopic (exact) mass is 272 g/mol. The molecule has 108 valence electrons. The third kappa shape index (κ3) is 2.82. The lowest BCUT2D eigenvalue weighted by molar-refractivity contribution is -0.141. The zero-order chi connectivity index (χ0) is 14.0. The van der Waals surface area contributed by atoms with Gasteiger partial charge in [0.1, 0.15) is 6.04 Å². The molecule has 7 nitrogen and oxygen atoms in total. The van der Waals surface area contributed by atoms with Gasteiger partial charge in [-0.25, -0.2) is 9.59 Å². The summed E-state index contributed by atoms with van der Waals surface area (Å²) in [6.45, 7) is 0.466. The maximum Gasteiger partial charge on any atom is 0.326 e. The Morgan fingerprint density at radius 3 is 2.58 bits per heavy atom. The van der Waals surface area contributed by atoms with E-state index in [-0.39, 0.29) is 31.6 Å². The molecule has 1 unspecified atom stereocenters. The highest BCUT2D eigenvalue weighted by molar-refractivity contribution is 5.83. The summed E-state index contributed by atoms with van der Waals surface area (Å²) in [6.07, 6.45) is 1.83. The van der Waals surface area contributed by atoms with E-state index in [2.05, 4.69) is 0 Å². The average molecular weight is 272 g/mol. The molecule has 7 heteroatoms. The van der Waals surface area contributed by atoms with E-state index in [0.29, 0.717) is 6.54 Å². The molecule has 2 rings (SSSR count). The van der Waals surface area contributed by atoms with Crippen LogP contribution in [0.2, 0.25) is 0 Å². The van der Waals surface area contributed by atoms with Gasteiger partial charge in [-0.15, -0.1) is 0 Å². The molecule has 0 aromatic rings. The number of nitrogens with zero attached hydrogens (tertiary/aromatic N) is 2. The second-order valence-corrected chi connectivity index (χ2v) is 5.20. The van der Waals surface area contributed by atoms with Crippen LogP contribution in [-0.4, -0.2) is 75.0 Å². The summed E-state index contributed by atoms with van der Waals surface area (Å²) in [7, 11) is 0. The molecule has 2 saturated heterocycles. The molecule has 0 spiro atoms. The van der Waals surface area contributed by atoms with Gasteiger partial charge < -0.3 is 25.1 Å². The Hall–Kier alpha value is -1.34. The van der Waals surface area contributed by atoms with E-state index in [1.54, 1.807) is 0 Å². The molecule has 0 bridgehead atoms. The summed E-state index contributed by atoms with van der Waals surface area (Å²) in [5, 5.41) is 28.0. The van der Waals surface area contributed by atoms with Gasteiger partial charge >= 0.3 is 12.0 Å². The summed E-state index contributed by atoms with van der Waals surface area (Å²) < 4.78 is 0. The molecule has 3 N–H and O–H groups in total. The van der Waals surface area contributed by atoms with Crippen LogP contribution < -0.4 is 0 Å². The maximum atomic E-state index is 12.4. The first kappa shape index (κ1) is 14.1. The molecule has 0 saturated carbocycles. The van der Waals surface area contributed by atoms with Gasteiger partial charge in [0.05, 0.1) is 18.8 Å². The first-order chi connectivity index (χ1) is 9.04. The molecule has 2 aliphatic heterocycles. The van der Waals surface area contributed by atoms with Gasteiger partial charge in [-0.1, -0.05) is 0 Å². The second-order valence-electron chi connectivity index (χ2n) is 5.20. The van der Waals surface area contributed by atoms with Gasteiger partial charge in [0, 0.05) is 19.5 Å². The quantitative estimate of drug-likeness (QED) is 0.627. The Labute approximate surface area is 111 Å². The molecular formula is C12H20N2O5. The Morgan fingerprint density at radius 1 is 1.21 bits per heavy atom. The van der Waals surface area contributed by atoms with Crippen LogP contribution in [0.25, 0.3) is 0 Å². The van der Waals surface area contributed by atoms with Crippen molar-refractivity contribution in [2.75, 3.05) is 19.7 Å². The minimum Gasteiger partial charge on any atom is -0.480 e. The number of aliphatic hydroxyl groups excluding tert-OH is 2. The lowest BCUT2D eigenvalue weighted by atomic mass is 10.0. The van der Waals surface area contributed by atoms with Gasteiger partial charge in [-0.3, -0.25) is 0 Å². The molecule has 0 aromatic heterocycles. The fourth-order valence-corrected chi connectivity index (χ4v) is 2.87. The van der Waals surface area contributed by atoms with Crippen LogP contribution in [0.3, 0.4) is 0 Å². The molecule has 0 aromatic carbocycles. The first-order valence-electron chi connectivity index (χ1n) is 6.63. The van der Waals surface area contributed by atoms with Gasteiger partial charge in [-0.2, -0.15) is 0 Å². The van der Waals surface area contributed by atoms with Crippen molar-refractivity contribution in [3.8, 4) is 0 Å². The predicted octanol–water partition coefficient (Wildman–Crippen LogP) is -0.527. The van der Waals surface area contributed by atoms with E-state index >= 15 is 0 Å². The number of hydrogen-bond acceptors (Lipinski definition) is 4. The van der Waals surface area contributed by atoms with Crippen molar-refractivity contribution >= 4 is 12.0 Å². The number of carbonyl (C=O) groups excluding carboxylic acids is 1. The Kier molecular flexibility index (Phi) is 4.26. The van der Waals surface area contributed by atoms with Crippen LogP contribution in [0.15, 0.2) is 0 Å². The van der Waals surface area contributed by atoms with Gasteiger partial charge in [-0.05, 0) is 19.3 Å². The number of carboxylic acids is 1. The topological polar surface area (TPSA) is 101 Å². The molecule has 0 radical (unpaired) electrons. The zero-order valence-corrected chi connectivity index (χ0v) is 10.7. The van der Waals surface area contributed by atoms with Crippen molar-refractivity contribution in [1.29, 1.82) is 0 Å². The average Bonchev–Trinajstić information content (AvgIpc) is 2.80. The summed E-state index contributed by atoms with van der Waals surface area (Å²) in [4.78, 5) is 26.3. The Balaban J connectivity index is 2.11. The standard InChI is InChI=1S/C12H20N2O5/c15-7-8-3-1-2-4-13(8)12(19)14-6-9(16)5-10(14)11(17)18/h8-10,15-16H,1-7H2,(H,17,18)/t8?,9-,10+/m1/s1. The Morgan fingerprint density at radius 2 is 1.95 bits per heavy atom. The van der Waals surface area contributed by atoms with Gasteiger partial charge in [0.25, 0.3) is 0 Å². The van der Waals surface area contributed by atoms with Crippen molar-refractivity contribution in [2.45, 2.75) is 43.9 Å². The van der Waals surface area contributed by atoms with Crippen molar-refractivity contribution in [3.63, 3.8) is 0 Å². The Bertz CT molecular complexity index is 362. The lowest BCUT2D eigenvalue weighted by Gasteiger charge is -2.38. The molecule has 2 heterocycles. The fraction of sp³-hybridized carbons (Fsp3) is 0.833. The number of likely N-dealkylation sites (tertiary alicyclic amines) is 2. The van der Waals surface area contributed by atoms with Crippen molar-refractivity contribution in [2.24, 2.45) is 0 Å². The van der Waals surface area contributed by atoms with Crippen LogP contribution in [0.4, 0.5) is 4.79 Å². The van der Waals surface area contributed by atoms with Crippen molar-refractivity contribution in [3.05, 3.63) is 0 Å². The SMILES string of the molecule is O=C(O)[C@@H]1C[C@@H](O)CN1C(=O)N1CCCCC1CO. The smallest absolute Gasteiger partial charge is 0.326 e. The third-order valence-electron chi connectivity index (χ3n) is 3.89. The largest absolute Gasteiger partial charge is 0.480 e. The molecule has 0 aliphatic carbocycles. The molecule has 3 atom stereocenters. The number of rotatable bonds is 2. The summed E-state index contributed by atoms with van der Waals surface area (Å²) >= 11 is 0. The molecule has 19 heavy (non-hydrogen) atoms. The summed E-state index contributed by atoms with van der Waals surface area (Å²) in [5.74, 6) is -1.09. The molecule has 2 amide bonds. The molecule has 2 fully saturated rings. The van der Waals surface area contributed by atoms with E-state index in [1.165, 1.54) is 9.80 Å². The highest BCUT2D eigenvalue weighted by atomic mass is 16.4. The summed E-state index contributed by atoms with van der Waals surface area (Å²) in [5.41, 5.74) is 0. The number of hydrogen-bond donors (Lipinski definition) is 3. The number of urea groups is 1. The highest BCUT2D eigenvalue weighted by Gasteiger charge is 2.42. The van der Waals surface area contributed by atoms with E-state index in [1.807, 2.05) is 0 Å². The number of piperidine rings is 1. The zero-order valence-electron chi connectivity index (χ0n) is 10.7. The van der Waals surface area contributed by atoms with Crippen LogP contribution in [0, 0.1) is 0 Å². The van der Waals surface area contributed by atoms with Gasteiger partial charge in [0.15, 0.2) is 0 Å². The molecular weight excluding hydrogens is 252 g/mol. The number of aliphatic carboxylic acids is 1. The van der Waals surface area contributed by atoms with E-state index in [4.69, 9.17) is 5.11 Å². The number of aliphatic hydroxyl groups is 2. The van der Waals surface area contributed by atoms with Crippen LogP contribution in [-0.2, 0) is 4.79 Å². The number of carboxylic acid groups (broad SMARTS) is 1. The number of β-amino-alcohol motifs (C(OH)–C–C–N with tert-alkyl or cyclic N) is 1. The fourth-order valence-electron chi connectivity index (χ4n) is 2.87. The third-order valence-corrected chi connectivity index (χ3v) is 3.89. The summed E-state index contributed by atoms with van der Waals surface area (Å²) in [6, 6.07) is -1.60. The highest BCUT2D eigenvalue weighted by Crippen LogP contribution is 2.24. The van der Waals surface area contributed by atoms with Gasteiger partial charge in [0.2, 0.25) is 0 Å². The van der Waals surface area contributed by atoms with E-state index in [0.717, 1.165) is 19.3 Å². The van der Waals surface area contributed by atoms with Crippen LogP contribution >= 0.6 is 0 Å². The number of carbonyl (C=O) groups is 2. The lowest BCUT2D eigenvalue weighted by Crippen LogP contribution is -2.54. The van der Waals surface area contributed by atoms with Crippen LogP contribution in [0.5, 0.6) is 0 Å².